The summed E-state index contributed by atoms with van der Waals surface area (Å²) in [7, 11) is 0. The van der Waals surface area contributed by atoms with Crippen LogP contribution in [0.15, 0.2) is 60.7 Å². The van der Waals surface area contributed by atoms with Crippen LogP contribution in [0, 0.1) is 0 Å². The molecule has 0 unspecified atom stereocenters. The lowest BCUT2D eigenvalue weighted by Gasteiger charge is -2.14. The number of hydrogen-bond acceptors (Lipinski definition) is 6. The minimum Gasteiger partial charge on any atom is -0.423 e. The SMILES string of the molecule is Nc1ccc(OC(=O)c2cccc(OC(=O)c3ccc(N)cc3C(F)(F)F)c2)c(C(F)(F)F)c1. The van der Waals surface area contributed by atoms with Gasteiger partial charge in [-0.2, -0.15) is 26.3 Å². The summed E-state index contributed by atoms with van der Waals surface area (Å²) >= 11 is 0. The van der Waals surface area contributed by atoms with E-state index in [4.69, 9.17) is 20.9 Å². The van der Waals surface area contributed by atoms with Crippen molar-refractivity contribution in [2.45, 2.75) is 12.4 Å². The van der Waals surface area contributed by atoms with Crippen molar-refractivity contribution in [1.82, 2.24) is 0 Å². The summed E-state index contributed by atoms with van der Waals surface area (Å²) in [6.07, 6.45) is -9.76. The number of anilines is 2. The number of carbonyl (C=O) groups is 2. The zero-order valence-corrected chi connectivity index (χ0v) is 16.8. The lowest BCUT2D eigenvalue weighted by atomic mass is 10.1. The Kier molecular flexibility index (Phi) is 6.44. The van der Waals surface area contributed by atoms with Crippen LogP contribution in [0.25, 0.3) is 0 Å². The van der Waals surface area contributed by atoms with Gasteiger partial charge in [-0.15, -0.1) is 0 Å². The molecule has 0 aromatic heterocycles. The predicted molar refractivity (Wildman–Crippen MR) is 108 cm³/mol. The monoisotopic (exact) mass is 484 g/mol. The van der Waals surface area contributed by atoms with E-state index in [0.29, 0.717) is 12.1 Å². The quantitative estimate of drug-likeness (QED) is 0.225. The van der Waals surface area contributed by atoms with Crippen molar-refractivity contribution in [2.75, 3.05) is 11.5 Å². The second-order valence-corrected chi connectivity index (χ2v) is 6.86. The summed E-state index contributed by atoms with van der Waals surface area (Å²) in [6.45, 7) is 0. The molecule has 0 bridgehead atoms. The van der Waals surface area contributed by atoms with Gasteiger partial charge in [0.2, 0.25) is 0 Å². The largest absolute Gasteiger partial charge is 0.423 e. The van der Waals surface area contributed by atoms with Gasteiger partial charge in [-0.05, 0) is 54.6 Å². The van der Waals surface area contributed by atoms with Crippen LogP contribution >= 0.6 is 0 Å². The van der Waals surface area contributed by atoms with Crippen molar-refractivity contribution in [3.63, 3.8) is 0 Å². The fourth-order valence-electron chi connectivity index (χ4n) is 2.84. The molecular formula is C22H14F6N2O4. The molecule has 3 aromatic rings. The number of alkyl halides is 6. The maximum absolute atomic E-state index is 13.2. The fourth-order valence-corrected chi connectivity index (χ4v) is 2.84. The first-order valence-corrected chi connectivity index (χ1v) is 9.23. The standard InChI is InChI=1S/C22H14F6N2O4/c23-21(24,25)16-9-12(29)4-6-15(16)20(32)33-14-3-1-2-11(8-14)19(31)34-18-7-5-13(30)10-17(18)22(26,27)28/h1-10H,29-30H2. The smallest absolute Gasteiger partial charge is 0.420 e. The van der Waals surface area contributed by atoms with Crippen LogP contribution in [0.3, 0.4) is 0 Å². The molecule has 3 rings (SSSR count). The molecule has 0 spiro atoms. The van der Waals surface area contributed by atoms with E-state index in [1.54, 1.807) is 0 Å². The van der Waals surface area contributed by atoms with Crippen molar-refractivity contribution in [3.8, 4) is 11.5 Å². The van der Waals surface area contributed by atoms with Crippen LogP contribution in [-0.2, 0) is 12.4 Å². The van der Waals surface area contributed by atoms with Crippen molar-refractivity contribution in [3.05, 3.63) is 82.9 Å². The summed E-state index contributed by atoms with van der Waals surface area (Å²) in [5.74, 6) is -3.80. The van der Waals surface area contributed by atoms with Crippen LogP contribution in [0.4, 0.5) is 37.7 Å². The third kappa shape index (κ3) is 5.57. The second-order valence-electron chi connectivity index (χ2n) is 6.86. The van der Waals surface area contributed by atoms with Crippen LogP contribution in [-0.4, -0.2) is 11.9 Å². The molecule has 0 aliphatic heterocycles. The van der Waals surface area contributed by atoms with Crippen molar-refractivity contribution >= 4 is 23.3 Å². The highest BCUT2D eigenvalue weighted by molar-refractivity contribution is 5.94. The molecule has 34 heavy (non-hydrogen) atoms. The molecule has 0 saturated heterocycles. The predicted octanol–water partition coefficient (Wildman–Crippen LogP) is 5.33. The molecule has 4 N–H and O–H groups in total. The molecule has 0 amide bonds. The average molecular weight is 484 g/mol. The van der Waals surface area contributed by atoms with Crippen molar-refractivity contribution < 1.29 is 45.4 Å². The number of rotatable bonds is 4. The average Bonchev–Trinajstić information content (AvgIpc) is 2.73. The summed E-state index contributed by atoms with van der Waals surface area (Å²) in [4.78, 5) is 24.7. The number of benzene rings is 3. The molecule has 6 nitrogen and oxygen atoms in total. The first-order chi connectivity index (χ1) is 15.8. The van der Waals surface area contributed by atoms with E-state index in [2.05, 4.69) is 0 Å². The number of ether oxygens (including phenoxy) is 2. The third-order valence-electron chi connectivity index (χ3n) is 4.36. The molecule has 3 aromatic carbocycles. The van der Waals surface area contributed by atoms with E-state index in [-0.39, 0.29) is 22.7 Å². The number of halogens is 6. The van der Waals surface area contributed by atoms with Gasteiger partial charge < -0.3 is 20.9 Å². The van der Waals surface area contributed by atoms with Crippen molar-refractivity contribution in [1.29, 1.82) is 0 Å². The lowest BCUT2D eigenvalue weighted by molar-refractivity contribution is -0.139. The Labute approximate surface area is 187 Å². The van der Waals surface area contributed by atoms with Crippen LogP contribution in [0.5, 0.6) is 11.5 Å². The molecule has 12 heteroatoms. The van der Waals surface area contributed by atoms with E-state index in [0.717, 1.165) is 42.5 Å². The van der Waals surface area contributed by atoms with Crippen molar-refractivity contribution in [2.24, 2.45) is 0 Å². The van der Waals surface area contributed by atoms with Crippen LogP contribution < -0.4 is 20.9 Å². The minimum atomic E-state index is -4.90. The summed E-state index contributed by atoms with van der Waals surface area (Å²) in [5.41, 5.74) is 6.52. The van der Waals surface area contributed by atoms with Gasteiger partial charge in [-0.3, -0.25) is 0 Å². The van der Waals surface area contributed by atoms with Gasteiger partial charge in [-0.1, -0.05) is 6.07 Å². The molecule has 178 valence electrons. The number of hydrogen-bond donors (Lipinski definition) is 2. The Morgan fingerprint density at radius 1 is 0.676 bits per heavy atom. The van der Waals surface area contributed by atoms with Gasteiger partial charge in [0.05, 0.1) is 16.7 Å². The molecule has 0 heterocycles. The summed E-state index contributed by atoms with van der Waals surface area (Å²) < 4.78 is 89.0. The van der Waals surface area contributed by atoms with E-state index < -0.39 is 46.7 Å². The molecule has 0 aliphatic rings. The van der Waals surface area contributed by atoms with Gasteiger partial charge >= 0.3 is 24.3 Å². The van der Waals surface area contributed by atoms with Gasteiger partial charge in [0, 0.05) is 11.4 Å². The molecule has 0 radical (unpaired) electrons. The van der Waals surface area contributed by atoms with Crippen LogP contribution in [0.2, 0.25) is 0 Å². The van der Waals surface area contributed by atoms with E-state index in [9.17, 15) is 35.9 Å². The maximum Gasteiger partial charge on any atom is 0.420 e. The topological polar surface area (TPSA) is 105 Å². The van der Waals surface area contributed by atoms with Gasteiger partial charge in [0.1, 0.15) is 17.1 Å². The highest BCUT2D eigenvalue weighted by Gasteiger charge is 2.37. The lowest BCUT2D eigenvalue weighted by Crippen LogP contribution is -2.18. The molecular weight excluding hydrogens is 470 g/mol. The van der Waals surface area contributed by atoms with E-state index in [1.165, 1.54) is 6.07 Å². The Morgan fingerprint density at radius 2 is 1.26 bits per heavy atom. The van der Waals surface area contributed by atoms with E-state index >= 15 is 0 Å². The van der Waals surface area contributed by atoms with Crippen LogP contribution in [0.1, 0.15) is 31.8 Å². The Balaban J connectivity index is 1.84. The number of nitrogen functional groups attached to an aromatic ring is 2. The van der Waals surface area contributed by atoms with Gasteiger partial charge in [0.25, 0.3) is 0 Å². The zero-order chi connectivity index (χ0) is 25.3. The zero-order valence-electron chi connectivity index (χ0n) is 16.8. The molecule has 0 aliphatic carbocycles. The summed E-state index contributed by atoms with van der Waals surface area (Å²) in [6, 6.07) is 9.44. The third-order valence-corrected chi connectivity index (χ3v) is 4.36. The highest BCUT2D eigenvalue weighted by atomic mass is 19.4. The highest BCUT2D eigenvalue weighted by Crippen LogP contribution is 2.38. The summed E-state index contributed by atoms with van der Waals surface area (Å²) in [5, 5.41) is 0. The minimum absolute atomic E-state index is 0.207. The Morgan fingerprint density at radius 3 is 1.88 bits per heavy atom. The van der Waals surface area contributed by atoms with Gasteiger partial charge in [-0.25, -0.2) is 9.59 Å². The number of nitrogens with two attached hydrogens (primary N) is 2. The second kappa shape index (κ2) is 8.96. The molecule has 0 atom stereocenters. The molecule has 0 fully saturated rings. The number of esters is 2. The van der Waals surface area contributed by atoms with E-state index in [1.807, 2.05) is 0 Å². The Bertz CT molecular complexity index is 1250. The first kappa shape index (κ1) is 24.4. The fraction of sp³-hybridized carbons (Fsp3) is 0.0909. The van der Waals surface area contributed by atoms with Gasteiger partial charge in [0.15, 0.2) is 0 Å². The Hall–Kier alpha value is -4.22. The molecule has 0 saturated carbocycles. The normalized spacial score (nSPS) is 11.7. The number of carbonyl (C=O) groups excluding carboxylic acids is 2. The first-order valence-electron chi connectivity index (χ1n) is 9.23. The maximum atomic E-state index is 13.2.